The molecule has 0 saturated heterocycles. The van der Waals surface area contributed by atoms with Crippen LogP contribution in [0.2, 0.25) is 0 Å². The smallest absolute Gasteiger partial charge is 0.388 e. The number of carbonyl (C=O) groups excluding carboxylic acids is 1. The molecule has 2 amide bonds. The number of urea groups is 1. The number of hydrogen-bond donors (Lipinski definition) is 2. The molecule has 0 spiro atoms. The molecular weight excluding hydrogens is 444 g/mol. The highest BCUT2D eigenvalue weighted by Gasteiger charge is 2.41. The average molecular weight is 476 g/mol. The van der Waals surface area contributed by atoms with Gasteiger partial charge in [0.15, 0.2) is 0 Å². The van der Waals surface area contributed by atoms with Gasteiger partial charge in [-0.3, -0.25) is 9.69 Å². The minimum atomic E-state index is -3.09. The van der Waals surface area contributed by atoms with Gasteiger partial charge in [-0.15, -0.1) is 0 Å². The third-order valence-corrected chi connectivity index (χ3v) is 6.42. The third kappa shape index (κ3) is 5.63. The number of nitrogens with one attached hydrogen (secondary N) is 1. The number of carboxylic acids is 1. The first kappa shape index (κ1) is 25.4. The molecule has 0 aliphatic heterocycles. The summed E-state index contributed by atoms with van der Waals surface area (Å²) in [5.74, 6) is -1.08. The summed E-state index contributed by atoms with van der Waals surface area (Å²) in [6.07, 6.45) is 1.84. The Morgan fingerprint density at radius 3 is 2.41 bits per heavy atom. The van der Waals surface area contributed by atoms with Crippen molar-refractivity contribution >= 4 is 23.4 Å². The third-order valence-electron chi connectivity index (χ3n) is 6.42. The zero-order chi connectivity index (χ0) is 25.0. The van der Waals surface area contributed by atoms with Crippen molar-refractivity contribution < 1.29 is 28.2 Å². The molecule has 1 aliphatic rings. The van der Waals surface area contributed by atoms with Crippen molar-refractivity contribution in [1.82, 2.24) is 4.98 Å². The topological polar surface area (TPSA) is 91.8 Å². The zero-order valence-electron chi connectivity index (χ0n) is 19.8. The van der Waals surface area contributed by atoms with Crippen LogP contribution < -0.4 is 15.0 Å². The van der Waals surface area contributed by atoms with E-state index in [4.69, 9.17) is 0 Å². The van der Waals surface area contributed by atoms with E-state index in [1.54, 1.807) is 24.8 Å². The van der Waals surface area contributed by atoms with Crippen LogP contribution in [0.4, 0.5) is 25.0 Å². The molecule has 1 aromatic carbocycles. The number of aliphatic carboxylic acids is 1. The highest BCUT2D eigenvalue weighted by molar-refractivity contribution is 6.03. The molecular formula is C25H31F2N3O4. The number of carbonyl (C=O) groups is 2. The lowest BCUT2D eigenvalue weighted by Crippen LogP contribution is -2.47. The Hall–Kier alpha value is -3.23. The minimum Gasteiger partial charge on any atom is -0.481 e. The standard InChI is InChI=1S/C25H31F2N3O4/c1-15(2)18-7-5-6-8-20(18)30(17-11-13-25(4,14-12-17)22(31)32)24(33)29-19-10-9-16(3)28-21(19)34-23(26)27/h5-10,15,17,23H,11-14H2,1-4H3,(H,29,33)(H,31,32). The molecule has 2 aromatic rings. The minimum absolute atomic E-state index is 0.0362. The van der Waals surface area contributed by atoms with E-state index in [1.165, 1.54) is 6.07 Å². The van der Waals surface area contributed by atoms with E-state index in [0.29, 0.717) is 37.1 Å². The summed E-state index contributed by atoms with van der Waals surface area (Å²) in [5.41, 5.74) is 1.32. The first-order valence-electron chi connectivity index (χ1n) is 11.4. The van der Waals surface area contributed by atoms with Crippen LogP contribution >= 0.6 is 0 Å². The number of amides is 2. The van der Waals surface area contributed by atoms with Gasteiger partial charge in [0.1, 0.15) is 5.69 Å². The van der Waals surface area contributed by atoms with E-state index >= 15 is 0 Å². The lowest BCUT2D eigenvalue weighted by atomic mass is 9.73. The van der Waals surface area contributed by atoms with Gasteiger partial charge in [0.25, 0.3) is 0 Å². The number of nitrogens with zero attached hydrogens (tertiary/aromatic N) is 2. The number of halogens is 2. The molecule has 1 saturated carbocycles. The van der Waals surface area contributed by atoms with E-state index in [2.05, 4.69) is 15.0 Å². The molecule has 0 radical (unpaired) electrons. The summed E-state index contributed by atoms with van der Waals surface area (Å²) in [7, 11) is 0. The molecule has 9 heteroatoms. The molecule has 0 bridgehead atoms. The van der Waals surface area contributed by atoms with E-state index in [-0.39, 0.29) is 23.5 Å². The Morgan fingerprint density at radius 2 is 1.82 bits per heavy atom. The fourth-order valence-electron chi connectivity index (χ4n) is 4.36. The highest BCUT2D eigenvalue weighted by atomic mass is 19.3. The predicted molar refractivity (Wildman–Crippen MR) is 126 cm³/mol. The van der Waals surface area contributed by atoms with Crippen molar-refractivity contribution in [3.63, 3.8) is 0 Å². The SMILES string of the molecule is Cc1ccc(NC(=O)N(c2ccccc2C(C)C)C2CCC(C)(C(=O)O)CC2)c(OC(F)F)n1. The molecule has 0 atom stereocenters. The molecule has 1 aromatic heterocycles. The van der Waals surface area contributed by atoms with Crippen molar-refractivity contribution in [3.05, 3.63) is 47.7 Å². The number of carboxylic acid groups (broad SMARTS) is 1. The van der Waals surface area contributed by atoms with Crippen LogP contribution in [0.15, 0.2) is 36.4 Å². The molecule has 1 fully saturated rings. The highest BCUT2D eigenvalue weighted by Crippen LogP contribution is 2.41. The van der Waals surface area contributed by atoms with Crippen molar-refractivity contribution in [1.29, 1.82) is 0 Å². The van der Waals surface area contributed by atoms with Crippen LogP contribution in [0.1, 0.15) is 63.6 Å². The Bertz CT molecular complexity index is 1040. The van der Waals surface area contributed by atoms with Crippen LogP contribution in [0.5, 0.6) is 5.88 Å². The second-order valence-corrected chi connectivity index (χ2v) is 9.29. The number of alkyl halides is 2. The normalized spacial score (nSPS) is 20.3. The maximum absolute atomic E-state index is 13.6. The average Bonchev–Trinajstić information content (AvgIpc) is 2.77. The summed E-state index contributed by atoms with van der Waals surface area (Å²) in [6.45, 7) is 4.32. The van der Waals surface area contributed by atoms with E-state index in [1.807, 2.05) is 38.1 Å². The quantitative estimate of drug-likeness (QED) is 0.498. The summed E-state index contributed by atoms with van der Waals surface area (Å²) in [4.78, 5) is 31.0. The van der Waals surface area contributed by atoms with Crippen molar-refractivity contribution in [2.24, 2.45) is 5.41 Å². The first-order chi connectivity index (χ1) is 16.0. The van der Waals surface area contributed by atoms with Crippen LogP contribution in [-0.4, -0.2) is 34.7 Å². The Morgan fingerprint density at radius 1 is 1.18 bits per heavy atom. The lowest BCUT2D eigenvalue weighted by molar-refractivity contribution is -0.149. The lowest BCUT2D eigenvalue weighted by Gasteiger charge is -2.40. The fourth-order valence-corrected chi connectivity index (χ4v) is 4.36. The van der Waals surface area contributed by atoms with Crippen LogP contribution in [0.25, 0.3) is 0 Å². The number of hydrogen-bond acceptors (Lipinski definition) is 4. The summed E-state index contributed by atoms with van der Waals surface area (Å²) >= 11 is 0. The number of aryl methyl sites for hydroxylation is 1. The van der Waals surface area contributed by atoms with Gasteiger partial charge in [0.2, 0.25) is 5.88 Å². The number of benzene rings is 1. The van der Waals surface area contributed by atoms with Gasteiger partial charge >= 0.3 is 18.6 Å². The summed E-state index contributed by atoms with van der Waals surface area (Å²) in [6, 6.07) is 9.84. The van der Waals surface area contributed by atoms with Gasteiger partial charge < -0.3 is 15.2 Å². The summed E-state index contributed by atoms with van der Waals surface area (Å²) in [5, 5.41) is 12.3. The van der Waals surface area contributed by atoms with Crippen molar-refractivity contribution in [2.45, 2.75) is 71.9 Å². The van der Waals surface area contributed by atoms with Gasteiger partial charge in [-0.25, -0.2) is 9.78 Å². The number of para-hydroxylation sites is 1. The first-order valence-corrected chi connectivity index (χ1v) is 11.4. The monoisotopic (exact) mass is 475 g/mol. The Labute approximate surface area is 198 Å². The van der Waals surface area contributed by atoms with Gasteiger partial charge in [0.05, 0.1) is 5.41 Å². The molecule has 0 unspecified atom stereocenters. The van der Waals surface area contributed by atoms with Gasteiger partial charge in [-0.2, -0.15) is 8.78 Å². The molecule has 2 N–H and O–H groups in total. The summed E-state index contributed by atoms with van der Waals surface area (Å²) < 4.78 is 30.4. The van der Waals surface area contributed by atoms with Gasteiger partial charge in [-0.05, 0) is 69.2 Å². The van der Waals surface area contributed by atoms with Gasteiger partial charge in [-0.1, -0.05) is 32.0 Å². The van der Waals surface area contributed by atoms with E-state index in [9.17, 15) is 23.5 Å². The van der Waals surface area contributed by atoms with Crippen molar-refractivity contribution in [3.8, 4) is 5.88 Å². The maximum Gasteiger partial charge on any atom is 0.388 e. The second kappa shape index (κ2) is 10.4. The second-order valence-electron chi connectivity index (χ2n) is 9.29. The van der Waals surface area contributed by atoms with Crippen molar-refractivity contribution in [2.75, 3.05) is 10.2 Å². The van der Waals surface area contributed by atoms with Crippen LogP contribution in [-0.2, 0) is 4.79 Å². The predicted octanol–water partition coefficient (Wildman–Crippen LogP) is 6.19. The van der Waals surface area contributed by atoms with Gasteiger partial charge in [0, 0.05) is 17.4 Å². The molecule has 34 heavy (non-hydrogen) atoms. The molecule has 1 heterocycles. The molecule has 7 nitrogen and oxygen atoms in total. The number of aromatic nitrogens is 1. The van der Waals surface area contributed by atoms with E-state index < -0.39 is 24.0 Å². The van der Waals surface area contributed by atoms with Crippen LogP contribution in [0, 0.1) is 12.3 Å². The number of anilines is 2. The Balaban J connectivity index is 1.97. The number of ether oxygens (including phenoxy) is 1. The Kier molecular flexibility index (Phi) is 7.74. The molecule has 184 valence electrons. The fraction of sp³-hybridized carbons (Fsp3) is 0.480. The maximum atomic E-state index is 13.6. The number of pyridine rings is 1. The zero-order valence-corrected chi connectivity index (χ0v) is 19.8. The van der Waals surface area contributed by atoms with Crippen LogP contribution in [0.3, 0.4) is 0 Å². The van der Waals surface area contributed by atoms with E-state index in [0.717, 1.165) is 5.56 Å². The largest absolute Gasteiger partial charge is 0.481 e. The molecule has 3 rings (SSSR count). The molecule has 1 aliphatic carbocycles. The number of rotatable bonds is 7.